The molecule has 1 N–H and O–H groups in total. The van der Waals surface area contributed by atoms with E-state index in [-0.39, 0.29) is 11.9 Å². The highest BCUT2D eigenvalue weighted by Crippen LogP contribution is 2.16. The van der Waals surface area contributed by atoms with Crippen LogP contribution in [0.3, 0.4) is 0 Å². The van der Waals surface area contributed by atoms with Gasteiger partial charge in [0.2, 0.25) is 6.04 Å². The van der Waals surface area contributed by atoms with Crippen molar-refractivity contribution in [3.63, 3.8) is 0 Å². The minimum atomic E-state index is -0.283. The Labute approximate surface area is 124 Å². The zero-order valence-corrected chi connectivity index (χ0v) is 12.6. The minimum Gasteiger partial charge on any atom is -0.320 e. The van der Waals surface area contributed by atoms with E-state index >= 15 is 0 Å². The van der Waals surface area contributed by atoms with E-state index < -0.39 is 0 Å². The second-order valence-corrected chi connectivity index (χ2v) is 5.30. The molecule has 0 unspecified atom stereocenters. The molecule has 0 aliphatic rings. The topological polar surface area (TPSA) is 33.0 Å². The number of aromatic nitrogens is 1. The van der Waals surface area contributed by atoms with E-state index in [0.717, 1.165) is 11.3 Å². The van der Waals surface area contributed by atoms with Crippen molar-refractivity contribution >= 4 is 23.2 Å². The van der Waals surface area contributed by atoms with E-state index in [1.807, 2.05) is 55.8 Å². The lowest BCUT2D eigenvalue weighted by molar-refractivity contribution is -0.711. The average molecular weight is 290 g/mol. The van der Waals surface area contributed by atoms with Crippen molar-refractivity contribution < 1.29 is 9.36 Å². The average Bonchev–Trinajstić information content (AvgIpc) is 2.41. The van der Waals surface area contributed by atoms with Crippen LogP contribution in [0.25, 0.3) is 0 Å². The van der Waals surface area contributed by atoms with Gasteiger partial charge in [0.1, 0.15) is 0 Å². The van der Waals surface area contributed by atoms with Crippen LogP contribution in [0, 0.1) is 13.8 Å². The molecule has 0 fully saturated rings. The second-order valence-electron chi connectivity index (χ2n) is 4.86. The summed E-state index contributed by atoms with van der Waals surface area (Å²) in [5.74, 6) is -0.0639. The first kappa shape index (κ1) is 14.5. The van der Waals surface area contributed by atoms with Crippen molar-refractivity contribution in [2.24, 2.45) is 0 Å². The predicted molar refractivity (Wildman–Crippen MR) is 80.9 cm³/mol. The van der Waals surface area contributed by atoms with Crippen LogP contribution >= 0.6 is 11.6 Å². The maximum absolute atomic E-state index is 12.3. The molecule has 1 atom stereocenters. The van der Waals surface area contributed by atoms with Crippen molar-refractivity contribution in [3.8, 4) is 0 Å². The van der Waals surface area contributed by atoms with Crippen LogP contribution in [0.1, 0.15) is 24.2 Å². The van der Waals surface area contributed by atoms with Gasteiger partial charge in [-0.2, -0.15) is 4.57 Å². The number of nitrogens with one attached hydrogen (secondary N) is 1. The number of hydrogen-bond acceptors (Lipinski definition) is 1. The molecule has 0 saturated carbocycles. The van der Waals surface area contributed by atoms with Gasteiger partial charge in [0.15, 0.2) is 11.9 Å². The highest BCUT2D eigenvalue weighted by atomic mass is 35.5. The molecule has 0 saturated heterocycles. The Balaban J connectivity index is 2.19. The van der Waals surface area contributed by atoms with Crippen LogP contribution in [0.15, 0.2) is 42.6 Å². The largest absolute Gasteiger partial charge is 0.320 e. The minimum absolute atomic E-state index is 0.0639. The number of anilines is 1. The molecular formula is C16H18ClN2O+. The summed E-state index contributed by atoms with van der Waals surface area (Å²) in [4.78, 5) is 12.3. The van der Waals surface area contributed by atoms with E-state index in [0.29, 0.717) is 10.7 Å². The monoisotopic (exact) mass is 289 g/mol. The molecule has 2 aromatic rings. The molecule has 0 bridgehead atoms. The van der Waals surface area contributed by atoms with Gasteiger partial charge in [-0.3, -0.25) is 4.79 Å². The first-order chi connectivity index (χ1) is 9.49. The lowest BCUT2D eigenvalue weighted by atomic mass is 10.2. The summed E-state index contributed by atoms with van der Waals surface area (Å²) in [5, 5.41) is 3.49. The highest BCUT2D eigenvalue weighted by Gasteiger charge is 2.24. The van der Waals surface area contributed by atoms with Crippen LogP contribution in [-0.2, 0) is 4.79 Å². The van der Waals surface area contributed by atoms with Crippen LogP contribution in [0.2, 0.25) is 5.02 Å². The van der Waals surface area contributed by atoms with E-state index in [4.69, 9.17) is 11.6 Å². The normalized spacial score (nSPS) is 12.0. The van der Waals surface area contributed by atoms with Gasteiger partial charge < -0.3 is 5.32 Å². The lowest BCUT2D eigenvalue weighted by Crippen LogP contribution is -2.47. The molecule has 104 valence electrons. The molecule has 1 amide bonds. The van der Waals surface area contributed by atoms with Crippen LogP contribution in [0.5, 0.6) is 0 Å². The number of carbonyl (C=O) groups excluding carboxylic acids is 1. The van der Waals surface area contributed by atoms with Gasteiger partial charge in [-0.15, -0.1) is 0 Å². The quantitative estimate of drug-likeness (QED) is 0.863. The predicted octanol–water partition coefficient (Wildman–Crippen LogP) is 3.44. The fraction of sp³-hybridized carbons (Fsp3) is 0.250. The molecule has 0 aliphatic heterocycles. The zero-order valence-electron chi connectivity index (χ0n) is 11.9. The molecule has 1 heterocycles. The first-order valence-electron chi connectivity index (χ1n) is 6.53. The Hall–Kier alpha value is -1.87. The second kappa shape index (κ2) is 6.06. The number of amides is 1. The maximum Gasteiger partial charge on any atom is 0.293 e. The molecule has 1 aromatic carbocycles. The van der Waals surface area contributed by atoms with E-state index in [9.17, 15) is 4.79 Å². The first-order valence-corrected chi connectivity index (χ1v) is 6.90. The third kappa shape index (κ3) is 3.17. The molecule has 0 aliphatic carbocycles. The summed E-state index contributed by atoms with van der Waals surface area (Å²) in [6, 6.07) is 10.9. The summed E-state index contributed by atoms with van der Waals surface area (Å²) in [6.45, 7) is 5.93. The Morgan fingerprint density at radius 1 is 1.25 bits per heavy atom. The van der Waals surface area contributed by atoms with Crippen LogP contribution in [0.4, 0.5) is 5.69 Å². The number of nitrogens with zero attached hydrogens (tertiary/aromatic N) is 1. The summed E-state index contributed by atoms with van der Waals surface area (Å²) < 4.78 is 1.97. The van der Waals surface area contributed by atoms with Crippen LogP contribution < -0.4 is 9.88 Å². The van der Waals surface area contributed by atoms with Crippen molar-refractivity contribution in [1.29, 1.82) is 0 Å². The smallest absolute Gasteiger partial charge is 0.293 e. The van der Waals surface area contributed by atoms with Crippen molar-refractivity contribution in [1.82, 2.24) is 0 Å². The third-order valence-corrected chi connectivity index (χ3v) is 3.67. The Bertz CT molecular complexity index is 640. The molecule has 0 spiro atoms. The molecule has 3 nitrogen and oxygen atoms in total. The highest BCUT2D eigenvalue weighted by molar-refractivity contribution is 6.30. The van der Waals surface area contributed by atoms with Crippen molar-refractivity contribution in [3.05, 3.63) is 58.9 Å². The summed E-state index contributed by atoms with van der Waals surface area (Å²) >= 11 is 5.91. The van der Waals surface area contributed by atoms with Crippen molar-refractivity contribution in [2.45, 2.75) is 26.8 Å². The summed E-state index contributed by atoms with van der Waals surface area (Å²) in [7, 11) is 0. The zero-order chi connectivity index (χ0) is 14.7. The van der Waals surface area contributed by atoms with Gasteiger partial charge in [-0.1, -0.05) is 17.7 Å². The Kier molecular flexibility index (Phi) is 4.40. The molecule has 20 heavy (non-hydrogen) atoms. The molecular weight excluding hydrogens is 272 g/mol. The molecule has 4 heteroatoms. The number of pyridine rings is 1. The van der Waals surface area contributed by atoms with E-state index in [2.05, 4.69) is 5.32 Å². The fourth-order valence-electron chi connectivity index (χ4n) is 2.07. The van der Waals surface area contributed by atoms with Gasteiger partial charge in [0, 0.05) is 36.2 Å². The number of halogens is 1. The maximum atomic E-state index is 12.3. The van der Waals surface area contributed by atoms with E-state index in [1.165, 1.54) is 0 Å². The van der Waals surface area contributed by atoms with Crippen molar-refractivity contribution in [2.75, 3.05) is 5.32 Å². The standard InChI is InChI=1S/C16H17ClN2O/c1-11-6-5-9-19(12(11)2)13(3)16(20)18-15-8-4-7-14(17)10-15/h4-10,13H,1-3H3/p+1/t13-/m1/s1. The van der Waals surface area contributed by atoms with Crippen LogP contribution in [-0.4, -0.2) is 5.91 Å². The SMILES string of the molecule is Cc1ccc[n+]([C@H](C)C(=O)Nc2cccc(Cl)c2)c1C. The number of hydrogen-bond donors (Lipinski definition) is 1. The molecule has 0 radical (unpaired) electrons. The summed E-state index contributed by atoms with van der Waals surface area (Å²) in [6.07, 6.45) is 1.92. The van der Waals surface area contributed by atoms with Gasteiger partial charge in [0.25, 0.3) is 5.91 Å². The Morgan fingerprint density at radius 2 is 2.00 bits per heavy atom. The number of benzene rings is 1. The number of rotatable bonds is 3. The summed E-state index contributed by atoms with van der Waals surface area (Å²) in [5.41, 5.74) is 2.96. The molecule has 1 aromatic heterocycles. The lowest BCUT2D eigenvalue weighted by Gasteiger charge is -2.11. The van der Waals surface area contributed by atoms with Gasteiger partial charge in [-0.25, -0.2) is 0 Å². The third-order valence-electron chi connectivity index (χ3n) is 3.44. The fourth-order valence-corrected chi connectivity index (χ4v) is 2.27. The van der Waals surface area contributed by atoms with Gasteiger partial charge >= 0.3 is 0 Å². The number of carbonyl (C=O) groups is 1. The Morgan fingerprint density at radius 3 is 2.70 bits per heavy atom. The van der Waals surface area contributed by atoms with E-state index in [1.54, 1.807) is 12.1 Å². The number of aryl methyl sites for hydroxylation is 1. The molecule has 2 rings (SSSR count). The van der Waals surface area contributed by atoms with Gasteiger partial charge in [-0.05, 0) is 31.2 Å². The van der Waals surface area contributed by atoms with Gasteiger partial charge in [0.05, 0.1) is 0 Å².